The van der Waals surface area contributed by atoms with Crippen molar-refractivity contribution in [1.29, 1.82) is 0 Å². The Morgan fingerprint density at radius 3 is 2.60 bits per heavy atom. The van der Waals surface area contributed by atoms with Gasteiger partial charge in [0.15, 0.2) is 12.1 Å². The zero-order valence-corrected chi connectivity index (χ0v) is 20.2. The van der Waals surface area contributed by atoms with Crippen LogP contribution in [0.4, 0.5) is 14.9 Å². The highest BCUT2D eigenvalue weighted by atomic mass is 32.1. The van der Waals surface area contributed by atoms with Gasteiger partial charge in [0.05, 0.1) is 11.4 Å². The maximum Gasteiger partial charge on any atom is 0.411 e. The predicted molar refractivity (Wildman–Crippen MR) is 132 cm³/mol. The second-order valence-electron chi connectivity index (χ2n) is 8.38. The molecule has 2 aromatic carbocycles. The first-order chi connectivity index (χ1) is 16.9. The van der Waals surface area contributed by atoms with Crippen LogP contribution in [-0.4, -0.2) is 34.9 Å². The fourth-order valence-corrected chi connectivity index (χ4v) is 4.44. The van der Waals surface area contributed by atoms with Gasteiger partial charge in [-0.1, -0.05) is 37.3 Å². The van der Waals surface area contributed by atoms with Crippen molar-refractivity contribution in [3.63, 3.8) is 0 Å². The minimum Gasteiger partial charge on any atom is -0.438 e. The van der Waals surface area contributed by atoms with E-state index in [-0.39, 0.29) is 30.2 Å². The Morgan fingerprint density at radius 1 is 1.14 bits per heavy atom. The normalized spacial score (nSPS) is 18.1. The van der Waals surface area contributed by atoms with Crippen molar-refractivity contribution in [2.45, 2.75) is 45.0 Å². The molecule has 1 fully saturated rings. The van der Waals surface area contributed by atoms with E-state index in [1.54, 1.807) is 48.5 Å². The maximum atomic E-state index is 13.4. The summed E-state index contributed by atoms with van der Waals surface area (Å²) >= 11 is 1.33. The lowest BCUT2D eigenvalue weighted by Crippen LogP contribution is -2.48. The van der Waals surface area contributed by atoms with Crippen LogP contribution < -0.4 is 10.6 Å². The third kappa shape index (κ3) is 5.68. The average molecular weight is 496 g/mol. The Hall–Kier alpha value is -3.72. The third-order valence-corrected chi connectivity index (χ3v) is 6.71. The molecule has 3 aromatic rings. The van der Waals surface area contributed by atoms with E-state index >= 15 is 0 Å². The quantitative estimate of drug-likeness (QED) is 0.454. The van der Waals surface area contributed by atoms with Crippen LogP contribution in [0.2, 0.25) is 0 Å². The summed E-state index contributed by atoms with van der Waals surface area (Å²) in [7, 11) is 0. The van der Waals surface area contributed by atoms with Crippen molar-refractivity contribution in [2.24, 2.45) is 0 Å². The number of halogens is 1. The van der Waals surface area contributed by atoms with Crippen LogP contribution in [0.1, 0.15) is 47.2 Å². The van der Waals surface area contributed by atoms with Crippen LogP contribution in [0.25, 0.3) is 0 Å². The number of benzene rings is 2. The summed E-state index contributed by atoms with van der Waals surface area (Å²) in [5.41, 5.74) is 1.77. The van der Waals surface area contributed by atoms with Crippen LogP contribution in [0.5, 0.6) is 0 Å². The van der Waals surface area contributed by atoms with Crippen LogP contribution >= 0.6 is 11.3 Å². The summed E-state index contributed by atoms with van der Waals surface area (Å²) < 4.78 is 19.0. The molecule has 3 amide bonds. The van der Waals surface area contributed by atoms with Gasteiger partial charge in [0, 0.05) is 11.7 Å². The maximum absolute atomic E-state index is 13.4. The molecule has 0 unspecified atom stereocenters. The number of nitrogens with zero attached hydrogens (tertiary/aromatic N) is 1. The first-order valence-electron chi connectivity index (χ1n) is 11.3. The number of amides is 3. The largest absolute Gasteiger partial charge is 0.438 e. The highest BCUT2D eigenvalue weighted by molar-refractivity contribution is 7.12. The van der Waals surface area contributed by atoms with Gasteiger partial charge in [0.2, 0.25) is 5.91 Å². The number of ether oxygens (including phenoxy) is 1. The van der Waals surface area contributed by atoms with Gasteiger partial charge in [0.1, 0.15) is 5.82 Å². The van der Waals surface area contributed by atoms with E-state index in [0.29, 0.717) is 21.7 Å². The first kappa shape index (κ1) is 24.4. The topological polar surface area (TPSA) is 87.7 Å². The molecule has 1 aromatic heterocycles. The predicted octanol–water partition coefficient (Wildman–Crippen LogP) is 5.12. The molecule has 182 valence electrons. The molecule has 2 N–H and O–H groups in total. The molecule has 1 aliphatic rings. The Labute approximate surface area is 206 Å². The molecule has 1 saturated heterocycles. The van der Waals surface area contributed by atoms with Crippen LogP contribution in [-0.2, 0) is 16.1 Å². The highest BCUT2D eigenvalue weighted by Gasteiger charge is 2.47. The molecule has 1 aliphatic heterocycles. The van der Waals surface area contributed by atoms with Crippen LogP contribution in [0.3, 0.4) is 0 Å². The molecule has 9 heteroatoms. The van der Waals surface area contributed by atoms with Crippen LogP contribution in [0, 0.1) is 5.82 Å². The van der Waals surface area contributed by atoms with E-state index in [9.17, 15) is 18.8 Å². The molecule has 35 heavy (non-hydrogen) atoms. The summed E-state index contributed by atoms with van der Waals surface area (Å²) in [4.78, 5) is 40.6. The van der Waals surface area contributed by atoms with E-state index in [4.69, 9.17) is 4.74 Å². The molecule has 0 saturated carbocycles. The Bertz CT molecular complexity index is 1200. The van der Waals surface area contributed by atoms with Gasteiger partial charge in [-0.15, -0.1) is 11.3 Å². The minimum atomic E-state index is -0.940. The first-order valence-corrected chi connectivity index (χ1v) is 12.2. The monoisotopic (exact) mass is 495 g/mol. The number of hydrogen-bond acceptors (Lipinski definition) is 5. The smallest absolute Gasteiger partial charge is 0.411 e. The van der Waals surface area contributed by atoms with E-state index in [2.05, 4.69) is 10.6 Å². The summed E-state index contributed by atoms with van der Waals surface area (Å²) in [5, 5.41) is 7.60. The van der Waals surface area contributed by atoms with Gasteiger partial charge < -0.3 is 15.4 Å². The van der Waals surface area contributed by atoms with Gasteiger partial charge in [0.25, 0.3) is 5.91 Å². The lowest BCUT2D eigenvalue weighted by Gasteiger charge is -2.26. The Balaban J connectivity index is 1.61. The van der Waals surface area contributed by atoms with Gasteiger partial charge in [-0.25, -0.2) is 9.18 Å². The van der Waals surface area contributed by atoms with E-state index < -0.39 is 18.2 Å². The number of anilines is 1. The molecular formula is C26H26FN3O4S. The molecule has 4 rings (SSSR count). The highest BCUT2D eigenvalue weighted by Crippen LogP contribution is 2.35. The number of cyclic esters (lactones) is 1. The standard InChI is InChI=1S/C26H26FN3O4S/c1-3-16(2)28-25(32)22-23(34-26(33)30(22)15-17-9-11-19(27)12-10-17)18-6-4-7-20(14-18)29-24(31)21-8-5-13-35-21/h4-14,16,22-23H,3,15H2,1-2H3,(H,28,32)(H,29,31)/t16-,22-,23+/m0/s1. The second-order valence-corrected chi connectivity index (χ2v) is 9.33. The molecule has 0 spiro atoms. The van der Waals surface area contributed by atoms with Gasteiger partial charge in [-0.05, 0) is 60.2 Å². The molecule has 7 nitrogen and oxygen atoms in total. The second kappa shape index (κ2) is 10.7. The summed E-state index contributed by atoms with van der Waals surface area (Å²) in [5.74, 6) is -0.974. The fraction of sp³-hybridized carbons (Fsp3) is 0.269. The number of rotatable bonds is 8. The molecule has 2 heterocycles. The van der Waals surface area contributed by atoms with Gasteiger partial charge >= 0.3 is 6.09 Å². The van der Waals surface area contributed by atoms with E-state index in [1.165, 1.54) is 28.4 Å². The number of carbonyl (C=O) groups is 3. The van der Waals surface area contributed by atoms with Crippen LogP contribution in [0.15, 0.2) is 66.0 Å². The molecular weight excluding hydrogens is 469 g/mol. The number of nitrogens with one attached hydrogen (secondary N) is 2. The number of carbonyl (C=O) groups excluding carboxylic acids is 3. The minimum absolute atomic E-state index is 0.0863. The lowest BCUT2D eigenvalue weighted by molar-refractivity contribution is -0.127. The summed E-state index contributed by atoms with van der Waals surface area (Å²) in [6, 6.07) is 15.2. The third-order valence-electron chi connectivity index (χ3n) is 5.84. The number of hydrogen-bond donors (Lipinski definition) is 2. The van der Waals surface area contributed by atoms with Crippen molar-refractivity contribution >= 4 is 34.9 Å². The summed E-state index contributed by atoms with van der Waals surface area (Å²) in [6.45, 7) is 3.92. The average Bonchev–Trinajstić information content (AvgIpc) is 3.49. The molecule has 3 atom stereocenters. The van der Waals surface area contributed by atoms with Crippen molar-refractivity contribution in [3.05, 3.63) is 87.9 Å². The number of thiophene rings is 1. The van der Waals surface area contributed by atoms with Gasteiger partial charge in [-0.2, -0.15) is 0 Å². The SMILES string of the molecule is CC[C@H](C)NC(=O)[C@@H]1[C@@H](c2cccc(NC(=O)c3cccs3)c2)OC(=O)N1Cc1ccc(F)cc1. The zero-order valence-electron chi connectivity index (χ0n) is 19.4. The lowest BCUT2D eigenvalue weighted by atomic mass is 9.99. The Morgan fingerprint density at radius 2 is 1.91 bits per heavy atom. The molecule has 0 aliphatic carbocycles. The van der Waals surface area contributed by atoms with E-state index in [0.717, 1.165) is 6.42 Å². The molecule has 0 bridgehead atoms. The fourth-order valence-electron chi connectivity index (χ4n) is 3.82. The molecule has 0 radical (unpaired) electrons. The van der Waals surface area contributed by atoms with Crippen molar-refractivity contribution < 1.29 is 23.5 Å². The van der Waals surface area contributed by atoms with E-state index in [1.807, 2.05) is 19.2 Å². The Kier molecular flexibility index (Phi) is 7.45. The van der Waals surface area contributed by atoms with Crippen molar-refractivity contribution in [1.82, 2.24) is 10.2 Å². The zero-order chi connectivity index (χ0) is 24.9. The summed E-state index contributed by atoms with van der Waals surface area (Å²) in [6.07, 6.45) is -0.803. The van der Waals surface area contributed by atoms with Crippen molar-refractivity contribution in [3.8, 4) is 0 Å². The van der Waals surface area contributed by atoms with Gasteiger partial charge in [-0.3, -0.25) is 14.5 Å². The van der Waals surface area contributed by atoms with Crippen molar-refractivity contribution in [2.75, 3.05) is 5.32 Å².